The maximum Gasteiger partial charge on any atom is 0.165 e. The molecule has 2 aromatic carbocycles. The molecular weight excluding hydrogens is 298 g/mol. The van der Waals surface area contributed by atoms with Gasteiger partial charge in [-0.3, -0.25) is 4.79 Å². The molecular formula is C21H27NO2. The summed E-state index contributed by atoms with van der Waals surface area (Å²) in [6.45, 7) is 3.16. The van der Waals surface area contributed by atoms with Gasteiger partial charge in [-0.2, -0.15) is 0 Å². The smallest absolute Gasteiger partial charge is 0.165 e. The Hall–Kier alpha value is -2.13. The Morgan fingerprint density at radius 3 is 2.38 bits per heavy atom. The highest BCUT2D eigenvalue weighted by molar-refractivity contribution is 5.96. The third kappa shape index (κ3) is 5.82. The second-order valence-corrected chi connectivity index (χ2v) is 6.12. The van der Waals surface area contributed by atoms with Crippen LogP contribution in [0.4, 0.5) is 5.69 Å². The fraction of sp³-hybridized carbons (Fsp3) is 0.381. The Balaban J connectivity index is 1.82. The van der Waals surface area contributed by atoms with Gasteiger partial charge in [-0.1, -0.05) is 56.5 Å². The van der Waals surface area contributed by atoms with Crippen LogP contribution in [0.3, 0.4) is 0 Å². The number of carbonyl (C=O) groups excluding carboxylic acids is 1. The normalized spacial score (nSPS) is 11.9. The quantitative estimate of drug-likeness (QED) is 0.478. The molecule has 0 aliphatic carbocycles. The number of aliphatic hydroxyl groups is 1. The summed E-state index contributed by atoms with van der Waals surface area (Å²) in [5.41, 5.74) is 2.45. The Bertz CT molecular complexity index is 607. The number of aliphatic hydroxyl groups excluding tert-OH is 1. The van der Waals surface area contributed by atoms with Crippen LogP contribution >= 0.6 is 0 Å². The number of anilines is 1. The van der Waals surface area contributed by atoms with E-state index in [1.165, 1.54) is 19.3 Å². The lowest BCUT2D eigenvalue weighted by atomic mass is 10.00. The van der Waals surface area contributed by atoms with Gasteiger partial charge in [-0.15, -0.1) is 0 Å². The van der Waals surface area contributed by atoms with Crippen LogP contribution in [0.5, 0.6) is 0 Å². The van der Waals surface area contributed by atoms with Crippen molar-refractivity contribution in [2.75, 3.05) is 11.9 Å². The first kappa shape index (κ1) is 18.2. The molecule has 0 amide bonds. The number of carbonyl (C=O) groups is 1. The highest BCUT2D eigenvalue weighted by Crippen LogP contribution is 2.19. The second kappa shape index (κ2) is 9.89. The molecule has 24 heavy (non-hydrogen) atoms. The molecule has 0 aliphatic heterocycles. The van der Waals surface area contributed by atoms with Gasteiger partial charge in [-0.25, -0.2) is 0 Å². The monoisotopic (exact) mass is 325 g/mol. The molecule has 3 nitrogen and oxygen atoms in total. The zero-order valence-corrected chi connectivity index (χ0v) is 14.4. The van der Waals surface area contributed by atoms with Gasteiger partial charge in [0, 0.05) is 24.2 Å². The Labute approximate surface area is 144 Å². The zero-order valence-electron chi connectivity index (χ0n) is 14.4. The summed E-state index contributed by atoms with van der Waals surface area (Å²) in [5, 5.41) is 13.5. The molecule has 2 aromatic rings. The summed E-state index contributed by atoms with van der Waals surface area (Å²) in [5.74, 6) is -0.0409. The molecule has 3 heteroatoms. The lowest BCUT2D eigenvalue weighted by molar-refractivity contribution is 0.0880. The molecule has 0 aliphatic rings. The predicted octanol–water partition coefficient (Wildman–Crippen LogP) is 4.99. The van der Waals surface area contributed by atoms with Crippen LogP contribution in [0.1, 0.15) is 61.1 Å². The number of unbranched alkanes of at least 4 members (excludes halogenated alkanes) is 3. The Kier molecular flexibility index (Phi) is 7.50. The van der Waals surface area contributed by atoms with Gasteiger partial charge in [-0.05, 0) is 36.2 Å². The number of benzene rings is 2. The van der Waals surface area contributed by atoms with E-state index in [9.17, 15) is 9.90 Å². The van der Waals surface area contributed by atoms with Gasteiger partial charge in [0.25, 0.3) is 0 Å². The average molecular weight is 325 g/mol. The van der Waals surface area contributed by atoms with Crippen LogP contribution in [-0.2, 0) is 0 Å². The molecule has 2 N–H and O–H groups in total. The van der Waals surface area contributed by atoms with E-state index in [1.807, 2.05) is 54.6 Å². The molecule has 0 fully saturated rings. The van der Waals surface area contributed by atoms with Gasteiger partial charge in [0.15, 0.2) is 5.78 Å². The standard InChI is InChI=1S/C21H27NO2/c1-2-3-4-8-15-22-19-13-11-18(12-14-19)21(24)16-20(23)17-9-6-5-7-10-17/h5-7,9-14,20,22-23H,2-4,8,15-16H2,1H3. The van der Waals surface area contributed by atoms with Gasteiger partial charge < -0.3 is 10.4 Å². The van der Waals surface area contributed by atoms with E-state index >= 15 is 0 Å². The summed E-state index contributed by atoms with van der Waals surface area (Å²) in [6, 6.07) is 16.8. The zero-order chi connectivity index (χ0) is 17.2. The van der Waals surface area contributed by atoms with Gasteiger partial charge in [0.1, 0.15) is 0 Å². The summed E-state index contributed by atoms with van der Waals surface area (Å²) in [4.78, 5) is 12.3. The van der Waals surface area contributed by atoms with Crippen molar-refractivity contribution in [2.24, 2.45) is 0 Å². The van der Waals surface area contributed by atoms with Crippen molar-refractivity contribution in [3.8, 4) is 0 Å². The van der Waals surface area contributed by atoms with E-state index in [1.54, 1.807) is 0 Å². The topological polar surface area (TPSA) is 49.3 Å². The Morgan fingerprint density at radius 2 is 1.71 bits per heavy atom. The van der Waals surface area contributed by atoms with Crippen molar-refractivity contribution in [3.63, 3.8) is 0 Å². The number of nitrogens with one attached hydrogen (secondary N) is 1. The van der Waals surface area contributed by atoms with Crippen molar-refractivity contribution < 1.29 is 9.90 Å². The minimum atomic E-state index is -0.755. The SMILES string of the molecule is CCCCCCNc1ccc(C(=O)CC(O)c2ccccc2)cc1. The van der Waals surface area contributed by atoms with E-state index in [-0.39, 0.29) is 12.2 Å². The number of hydrogen-bond acceptors (Lipinski definition) is 3. The molecule has 0 saturated heterocycles. The van der Waals surface area contributed by atoms with Crippen LogP contribution in [-0.4, -0.2) is 17.4 Å². The van der Waals surface area contributed by atoms with Crippen molar-refractivity contribution >= 4 is 11.5 Å². The number of hydrogen-bond donors (Lipinski definition) is 2. The van der Waals surface area contributed by atoms with Crippen molar-refractivity contribution in [3.05, 3.63) is 65.7 Å². The van der Waals surface area contributed by atoms with Crippen LogP contribution < -0.4 is 5.32 Å². The summed E-state index contributed by atoms with van der Waals surface area (Å²) >= 11 is 0. The molecule has 1 unspecified atom stereocenters. The van der Waals surface area contributed by atoms with E-state index in [0.717, 1.165) is 24.2 Å². The number of rotatable bonds is 10. The fourth-order valence-electron chi connectivity index (χ4n) is 2.64. The molecule has 0 radical (unpaired) electrons. The highest BCUT2D eigenvalue weighted by Gasteiger charge is 2.14. The van der Waals surface area contributed by atoms with Crippen molar-refractivity contribution in [2.45, 2.75) is 45.1 Å². The maximum atomic E-state index is 12.3. The second-order valence-electron chi connectivity index (χ2n) is 6.12. The van der Waals surface area contributed by atoms with Crippen LogP contribution in [0.25, 0.3) is 0 Å². The largest absolute Gasteiger partial charge is 0.388 e. The number of Topliss-reactive ketones (excluding diaryl/α,β-unsaturated/α-hetero) is 1. The summed E-state index contributed by atoms with van der Waals surface area (Å²) in [6.07, 6.45) is 4.28. The molecule has 2 rings (SSSR count). The van der Waals surface area contributed by atoms with Gasteiger partial charge in [0.05, 0.1) is 6.10 Å². The van der Waals surface area contributed by atoms with Crippen molar-refractivity contribution in [1.82, 2.24) is 0 Å². The molecule has 0 saturated carbocycles. The maximum absolute atomic E-state index is 12.3. The molecule has 1 atom stereocenters. The van der Waals surface area contributed by atoms with Gasteiger partial charge in [0.2, 0.25) is 0 Å². The van der Waals surface area contributed by atoms with Crippen LogP contribution in [0, 0.1) is 0 Å². The Morgan fingerprint density at radius 1 is 1.00 bits per heavy atom. The van der Waals surface area contributed by atoms with E-state index in [0.29, 0.717) is 5.56 Å². The third-order valence-electron chi connectivity index (χ3n) is 4.13. The molecule has 0 spiro atoms. The third-order valence-corrected chi connectivity index (χ3v) is 4.13. The molecule has 128 valence electrons. The molecule has 0 aromatic heterocycles. The summed E-state index contributed by atoms with van der Waals surface area (Å²) < 4.78 is 0. The predicted molar refractivity (Wildman–Crippen MR) is 99.4 cm³/mol. The lowest BCUT2D eigenvalue weighted by Gasteiger charge is -2.11. The molecule has 0 bridgehead atoms. The average Bonchev–Trinajstić information content (AvgIpc) is 2.62. The fourth-order valence-corrected chi connectivity index (χ4v) is 2.64. The van der Waals surface area contributed by atoms with Gasteiger partial charge >= 0.3 is 0 Å². The van der Waals surface area contributed by atoms with Crippen LogP contribution in [0.2, 0.25) is 0 Å². The van der Waals surface area contributed by atoms with Crippen LogP contribution in [0.15, 0.2) is 54.6 Å². The first-order valence-corrected chi connectivity index (χ1v) is 8.81. The highest BCUT2D eigenvalue weighted by atomic mass is 16.3. The minimum absolute atomic E-state index is 0.0409. The van der Waals surface area contributed by atoms with E-state index in [2.05, 4.69) is 12.2 Å². The summed E-state index contributed by atoms with van der Waals surface area (Å²) in [7, 11) is 0. The lowest BCUT2D eigenvalue weighted by Crippen LogP contribution is -2.07. The first-order chi connectivity index (χ1) is 11.7. The van der Waals surface area contributed by atoms with Crippen molar-refractivity contribution in [1.29, 1.82) is 0 Å². The first-order valence-electron chi connectivity index (χ1n) is 8.81. The van der Waals surface area contributed by atoms with E-state index < -0.39 is 6.10 Å². The number of ketones is 1. The minimum Gasteiger partial charge on any atom is -0.388 e. The van der Waals surface area contributed by atoms with E-state index in [4.69, 9.17) is 0 Å². The molecule has 0 heterocycles.